The molecular weight excluding hydrogens is 366 g/mol. The molecule has 6 nitrogen and oxygen atoms in total. The van der Waals surface area contributed by atoms with Gasteiger partial charge in [0.25, 0.3) is 5.91 Å². The maximum Gasteiger partial charge on any atom is 0.335 e. The second-order valence-corrected chi connectivity index (χ2v) is 7.39. The first-order valence-electron chi connectivity index (χ1n) is 9.79. The number of imide groups is 2. The van der Waals surface area contributed by atoms with E-state index in [1.807, 2.05) is 25.1 Å². The van der Waals surface area contributed by atoms with Crippen LogP contribution in [0.4, 0.5) is 16.2 Å². The lowest BCUT2D eigenvalue weighted by Crippen LogP contribution is -2.59. The number of fused-ring (bicyclic) bond motifs is 1. The summed E-state index contributed by atoms with van der Waals surface area (Å²) < 4.78 is 0. The highest BCUT2D eigenvalue weighted by molar-refractivity contribution is 6.29. The van der Waals surface area contributed by atoms with E-state index in [2.05, 4.69) is 22.8 Å². The molecule has 0 aromatic heterocycles. The second-order valence-electron chi connectivity index (χ2n) is 7.39. The summed E-state index contributed by atoms with van der Waals surface area (Å²) in [5.41, 5.74) is 5.18. The van der Waals surface area contributed by atoms with E-state index in [-0.39, 0.29) is 0 Å². The number of para-hydroxylation sites is 1. The number of anilines is 2. The second kappa shape index (κ2) is 7.54. The van der Waals surface area contributed by atoms with Gasteiger partial charge in [0.15, 0.2) is 5.92 Å². The van der Waals surface area contributed by atoms with Gasteiger partial charge < -0.3 is 5.32 Å². The molecule has 0 saturated carbocycles. The number of allylic oxidation sites excluding steroid dienone is 1. The molecule has 1 atom stereocenters. The topological polar surface area (TPSA) is 78.5 Å². The molecule has 1 saturated heterocycles. The first kappa shape index (κ1) is 18.9. The van der Waals surface area contributed by atoms with Crippen molar-refractivity contribution in [3.8, 4) is 0 Å². The number of barbiturate groups is 1. The normalized spacial score (nSPS) is 19.2. The third kappa shape index (κ3) is 3.42. The average molecular weight is 389 g/mol. The molecule has 0 unspecified atom stereocenters. The van der Waals surface area contributed by atoms with Crippen molar-refractivity contribution >= 4 is 29.2 Å². The number of aryl methyl sites for hydroxylation is 3. The summed E-state index contributed by atoms with van der Waals surface area (Å²) in [5.74, 6) is -2.30. The van der Waals surface area contributed by atoms with Crippen LogP contribution in [0.15, 0.2) is 54.2 Å². The van der Waals surface area contributed by atoms with Crippen molar-refractivity contribution in [3.05, 3.63) is 70.9 Å². The van der Waals surface area contributed by atoms with Crippen molar-refractivity contribution in [3.63, 3.8) is 0 Å². The SMILES string of the molecule is C/C=C(/Nc1ccc2c(c1)CCC2)[C@@H]1C(=O)NC(=O)N(c2ccccc2C)C1=O. The first-order valence-corrected chi connectivity index (χ1v) is 9.79. The summed E-state index contributed by atoms with van der Waals surface area (Å²) in [4.78, 5) is 39.3. The number of nitrogens with zero attached hydrogens (tertiary/aromatic N) is 1. The van der Waals surface area contributed by atoms with Crippen molar-refractivity contribution < 1.29 is 14.4 Å². The quantitative estimate of drug-likeness (QED) is 0.782. The molecule has 29 heavy (non-hydrogen) atoms. The molecule has 1 fully saturated rings. The Bertz CT molecular complexity index is 1040. The minimum atomic E-state index is -1.12. The zero-order valence-electron chi connectivity index (χ0n) is 16.5. The van der Waals surface area contributed by atoms with E-state index < -0.39 is 23.8 Å². The van der Waals surface area contributed by atoms with Gasteiger partial charge in [-0.05, 0) is 68.0 Å². The fourth-order valence-corrected chi connectivity index (χ4v) is 4.02. The molecular formula is C23H23N3O3. The van der Waals surface area contributed by atoms with Gasteiger partial charge in [0, 0.05) is 11.4 Å². The highest BCUT2D eigenvalue weighted by Crippen LogP contribution is 2.30. The monoisotopic (exact) mass is 389 g/mol. The van der Waals surface area contributed by atoms with Crippen molar-refractivity contribution in [2.75, 3.05) is 10.2 Å². The van der Waals surface area contributed by atoms with E-state index in [1.165, 1.54) is 11.1 Å². The van der Waals surface area contributed by atoms with Crippen LogP contribution in [0, 0.1) is 12.8 Å². The van der Waals surface area contributed by atoms with Crippen LogP contribution in [0.1, 0.15) is 30.0 Å². The Hall–Kier alpha value is -3.41. The summed E-state index contributed by atoms with van der Waals surface area (Å²) in [6.07, 6.45) is 4.98. The van der Waals surface area contributed by atoms with Crippen LogP contribution in [-0.4, -0.2) is 17.8 Å². The van der Waals surface area contributed by atoms with E-state index in [0.29, 0.717) is 11.4 Å². The number of hydrogen-bond acceptors (Lipinski definition) is 4. The van der Waals surface area contributed by atoms with Gasteiger partial charge in [-0.15, -0.1) is 0 Å². The summed E-state index contributed by atoms with van der Waals surface area (Å²) in [7, 11) is 0. The molecule has 4 rings (SSSR count). The molecule has 2 aliphatic rings. The molecule has 1 heterocycles. The van der Waals surface area contributed by atoms with Crippen molar-refractivity contribution in [2.24, 2.45) is 5.92 Å². The third-order valence-electron chi connectivity index (χ3n) is 5.53. The summed E-state index contributed by atoms with van der Waals surface area (Å²) >= 11 is 0. The predicted molar refractivity (Wildman–Crippen MR) is 112 cm³/mol. The number of hydrogen-bond donors (Lipinski definition) is 2. The number of benzene rings is 2. The Balaban J connectivity index is 1.64. The zero-order chi connectivity index (χ0) is 20.5. The summed E-state index contributed by atoms with van der Waals surface area (Å²) in [6, 6.07) is 12.5. The van der Waals surface area contributed by atoms with Crippen LogP contribution >= 0.6 is 0 Å². The van der Waals surface area contributed by atoms with Crippen molar-refractivity contribution in [1.82, 2.24) is 5.32 Å². The van der Waals surface area contributed by atoms with Gasteiger partial charge in [0.05, 0.1) is 5.69 Å². The van der Waals surface area contributed by atoms with Crippen LogP contribution in [0.5, 0.6) is 0 Å². The number of carbonyl (C=O) groups excluding carboxylic acids is 3. The van der Waals surface area contributed by atoms with Gasteiger partial charge in [-0.3, -0.25) is 14.9 Å². The lowest BCUT2D eigenvalue weighted by Gasteiger charge is -2.32. The number of rotatable bonds is 4. The molecule has 0 spiro atoms. The minimum Gasteiger partial charge on any atom is -0.358 e. The number of amides is 4. The van der Waals surface area contributed by atoms with Crippen molar-refractivity contribution in [2.45, 2.75) is 33.1 Å². The van der Waals surface area contributed by atoms with Gasteiger partial charge in [-0.1, -0.05) is 30.3 Å². The fraction of sp³-hybridized carbons (Fsp3) is 0.261. The molecule has 6 heteroatoms. The lowest BCUT2D eigenvalue weighted by atomic mass is 9.98. The first-order chi connectivity index (χ1) is 14.0. The summed E-state index contributed by atoms with van der Waals surface area (Å²) in [6.45, 7) is 3.59. The van der Waals surface area contributed by atoms with E-state index in [1.54, 1.807) is 25.1 Å². The van der Waals surface area contributed by atoms with Crippen LogP contribution in [0.2, 0.25) is 0 Å². The highest BCUT2D eigenvalue weighted by atomic mass is 16.2. The van der Waals surface area contributed by atoms with E-state index >= 15 is 0 Å². The Morgan fingerprint density at radius 3 is 2.62 bits per heavy atom. The molecule has 0 radical (unpaired) electrons. The molecule has 2 aromatic carbocycles. The number of carbonyl (C=O) groups is 3. The maximum absolute atomic E-state index is 13.2. The molecule has 4 amide bonds. The largest absolute Gasteiger partial charge is 0.358 e. The lowest BCUT2D eigenvalue weighted by molar-refractivity contribution is -0.132. The Morgan fingerprint density at radius 2 is 1.86 bits per heavy atom. The van der Waals surface area contributed by atoms with E-state index in [9.17, 15) is 14.4 Å². The molecule has 1 aliphatic carbocycles. The Kier molecular flexibility index (Phi) is 4.92. The van der Waals surface area contributed by atoms with Crippen molar-refractivity contribution in [1.29, 1.82) is 0 Å². The van der Waals surface area contributed by atoms with E-state index in [0.717, 1.165) is 35.4 Å². The molecule has 148 valence electrons. The van der Waals surface area contributed by atoms with Gasteiger partial charge in [-0.2, -0.15) is 0 Å². The number of nitrogens with one attached hydrogen (secondary N) is 2. The van der Waals surface area contributed by atoms with Crippen LogP contribution < -0.4 is 15.5 Å². The minimum absolute atomic E-state index is 0.455. The molecule has 2 N–H and O–H groups in total. The Labute approximate surface area is 169 Å². The highest BCUT2D eigenvalue weighted by Gasteiger charge is 2.43. The summed E-state index contributed by atoms with van der Waals surface area (Å²) in [5, 5.41) is 5.56. The molecule has 0 bridgehead atoms. The zero-order valence-corrected chi connectivity index (χ0v) is 16.5. The maximum atomic E-state index is 13.2. The van der Waals surface area contributed by atoms with Crippen LogP contribution in [-0.2, 0) is 22.4 Å². The Morgan fingerprint density at radius 1 is 1.10 bits per heavy atom. The van der Waals surface area contributed by atoms with Gasteiger partial charge >= 0.3 is 6.03 Å². The molecule has 2 aromatic rings. The number of urea groups is 1. The van der Waals surface area contributed by atoms with Crippen LogP contribution in [0.3, 0.4) is 0 Å². The third-order valence-corrected chi connectivity index (χ3v) is 5.53. The van der Waals surface area contributed by atoms with Gasteiger partial charge in [0.2, 0.25) is 5.91 Å². The smallest absolute Gasteiger partial charge is 0.335 e. The molecule has 1 aliphatic heterocycles. The van der Waals surface area contributed by atoms with Crippen LogP contribution in [0.25, 0.3) is 0 Å². The van der Waals surface area contributed by atoms with Gasteiger partial charge in [0.1, 0.15) is 0 Å². The standard InChI is InChI=1S/C23H23N3O3/c1-3-18(24-17-12-11-15-8-6-9-16(15)13-17)20-21(27)25-23(29)26(22(20)28)19-10-5-4-7-14(19)2/h3-5,7,10-13,20,24H,6,8-9H2,1-2H3,(H,25,27,29)/b18-3+/t20-/m1/s1. The predicted octanol–water partition coefficient (Wildman–Crippen LogP) is 3.70. The fourth-order valence-electron chi connectivity index (χ4n) is 4.02. The van der Waals surface area contributed by atoms with Gasteiger partial charge in [-0.25, -0.2) is 9.69 Å². The average Bonchev–Trinajstić information content (AvgIpc) is 3.16. The van der Waals surface area contributed by atoms with E-state index in [4.69, 9.17) is 0 Å².